The molecule has 1 N–H and O–H groups in total. The lowest BCUT2D eigenvalue weighted by Crippen LogP contribution is -2.37. The number of hydrogen-bond acceptors (Lipinski definition) is 4. The molecule has 0 aromatic carbocycles. The van der Waals surface area contributed by atoms with Gasteiger partial charge >= 0.3 is 0 Å². The summed E-state index contributed by atoms with van der Waals surface area (Å²) in [4.78, 5) is 13.4. The molecule has 1 amide bonds. The zero-order valence-electron chi connectivity index (χ0n) is 10.2. The number of ether oxygens (including phenoxy) is 1. The molecule has 94 valence electrons. The van der Waals surface area contributed by atoms with Gasteiger partial charge in [-0.2, -0.15) is 11.8 Å². The van der Waals surface area contributed by atoms with Gasteiger partial charge in [0, 0.05) is 19.3 Å². The second-order valence-electron chi connectivity index (χ2n) is 4.07. The Balaban J connectivity index is 2.12. The van der Waals surface area contributed by atoms with Gasteiger partial charge < -0.3 is 15.0 Å². The Morgan fingerprint density at radius 1 is 1.50 bits per heavy atom. The third-order valence-corrected chi connectivity index (χ3v) is 3.38. The van der Waals surface area contributed by atoms with Gasteiger partial charge in [-0.15, -0.1) is 0 Å². The zero-order valence-corrected chi connectivity index (χ0v) is 11.0. The van der Waals surface area contributed by atoms with Gasteiger partial charge in [-0.3, -0.25) is 4.79 Å². The maximum atomic E-state index is 11.7. The molecule has 0 aromatic heterocycles. The Kier molecular flexibility index (Phi) is 6.84. The number of likely N-dealkylation sites (N-methyl/N-ethyl adjacent to an activating group) is 1. The van der Waals surface area contributed by atoms with Crippen molar-refractivity contribution in [3.63, 3.8) is 0 Å². The number of nitrogens with one attached hydrogen (secondary N) is 1. The Hall–Kier alpha value is -0.260. The molecule has 0 aromatic rings. The summed E-state index contributed by atoms with van der Waals surface area (Å²) in [7, 11) is 1.84. The summed E-state index contributed by atoms with van der Waals surface area (Å²) < 4.78 is 5.61. The van der Waals surface area contributed by atoms with Crippen LogP contribution in [0, 0.1) is 0 Å². The summed E-state index contributed by atoms with van der Waals surface area (Å²) >= 11 is 1.75. The van der Waals surface area contributed by atoms with Gasteiger partial charge in [-0.1, -0.05) is 0 Å². The smallest absolute Gasteiger partial charge is 0.248 e. The van der Waals surface area contributed by atoms with Crippen molar-refractivity contribution in [2.45, 2.75) is 18.9 Å². The fourth-order valence-electron chi connectivity index (χ4n) is 1.61. The molecule has 4 nitrogen and oxygen atoms in total. The first-order chi connectivity index (χ1) is 7.74. The van der Waals surface area contributed by atoms with E-state index in [4.69, 9.17) is 4.74 Å². The molecule has 0 aliphatic carbocycles. The fraction of sp³-hybridized carbons (Fsp3) is 0.909. The van der Waals surface area contributed by atoms with Gasteiger partial charge in [0.05, 0.1) is 6.10 Å². The molecular weight excluding hydrogens is 224 g/mol. The monoisotopic (exact) mass is 246 g/mol. The molecule has 1 aliphatic rings. The van der Waals surface area contributed by atoms with E-state index in [0.29, 0.717) is 0 Å². The summed E-state index contributed by atoms with van der Waals surface area (Å²) in [6.07, 6.45) is 4.34. The van der Waals surface area contributed by atoms with E-state index < -0.39 is 0 Å². The molecule has 1 rings (SSSR count). The van der Waals surface area contributed by atoms with Gasteiger partial charge in [-0.05, 0) is 32.2 Å². The number of thioether (sulfide) groups is 1. The van der Waals surface area contributed by atoms with Crippen LogP contribution in [0.25, 0.3) is 0 Å². The van der Waals surface area contributed by atoms with Gasteiger partial charge in [0.2, 0.25) is 5.91 Å². The molecule has 0 saturated carbocycles. The van der Waals surface area contributed by atoms with E-state index in [0.717, 1.165) is 38.2 Å². The summed E-state index contributed by atoms with van der Waals surface area (Å²) in [5.74, 6) is 1.07. The van der Waals surface area contributed by atoms with E-state index in [9.17, 15) is 4.79 Å². The molecule has 1 aliphatic heterocycles. The standard InChI is InChI=1S/C11H22N2O2S/c1-13(7-8-16-2)11(14)9-15-10-3-5-12-6-4-10/h10,12H,3-9H2,1-2H3. The van der Waals surface area contributed by atoms with Crippen LogP contribution >= 0.6 is 11.8 Å². The maximum absolute atomic E-state index is 11.7. The van der Waals surface area contributed by atoms with Crippen molar-refractivity contribution in [3.8, 4) is 0 Å². The predicted molar refractivity (Wildman–Crippen MR) is 67.9 cm³/mol. The Morgan fingerprint density at radius 3 is 2.81 bits per heavy atom. The maximum Gasteiger partial charge on any atom is 0.248 e. The average molecular weight is 246 g/mol. The van der Waals surface area contributed by atoms with Crippen molar-refractivity contribution in [1.82, 2.24) is 10.2 Å². The minimum Gasteiger partial charge on any atom is -0.368 e. The molecular formula is C11H22N2O2S. The second kappa shape index (κ2) is 7.92. The van der Waals surface area contributed by atoms with Crippen molar-refractivity contribution in [2.75, 3.05) is 45.3 Å². The highest BCUT2D eigenvalue weighted by Gasteiger charge is 2.16. The summed E-state index contributed by atoms with van der Waals surface area (Å²) in [5, 5.41) is 3.27. The van der Waals surface area contributed by atoms with Crippen LogP contribution in [0.3, 0.4) is 0 Å². The molecule has 1 saturated heterocycles. The third-order valence-electron chi connectivity index (χ3n) is 2.79. The van der Waals surface area contributed by atoms with Crippen molar-refractivity contribution in [2.24, 2.45) is 0 Å². The molecule has 1 fully saturated rings. The quantitative estimate of drug-likeness (QED) is 0.744. The molecule has 1 heterocycles. The molecule has 16 heavy (non-hydrogen) atoms. The minimum atomic E-state index is 0.0904. The van der Waals surface area contributed by atoms with Crippen LogP contribution in [0.4, 0.5) is 0 Å². The highest BCUT2D eigenvalue weighted by atomic mass is 32.2. The molecule has 0 bridgehead atoms. The van der Waals surface area contributed by atoms with E-state index in [1.54, 1.807) is 16.7 Å². The largest absolute Gasteiger partial charge is 0.368 e. The lowest BCUT2D eigenvalue weighted by Gasteiger charge is -2.24. The number of carbonyl (C=O) groups excluding carboxylic acids is 1. The van der Waals surface area contributed by atoms with Gasteiger partial charge in [0.1, 0.15) is 6.61 Å². The number of nitrogens with zero attached hydrogens (tertiary/aromatic N) is 1. The van der Waals surface area contributed by atoms with E-state index in [1.807, 2.05) is 13.3 Å². The van der Waals surface area contributed by atoms with E-state index in [1.165, 1.54) is 0 Å². The predicted octanol–water partition coefficient (Wildman–Crippen LogP) is 0.576. The van der Waals surface area contributed by atoms with Crippen molar-refractivity contribution >= 4 is 17.7 Å². The van der Waals surface area contributed by atoms with Crippen LogP contribution in [-0.4, -0.2) is 62.2 Å². The van der Waals surface area contributed by atoms with Gasteiger partial charge in [0.15, 0.2) is 0 Å². The van der Waals surface area contributed by atoms with Gasteiger partial charge in [0.25, 0.3) is 0 Å². The van der Waals surface area contributed by atoms with Crippen molar-refractivity contribution < 1.29 is 9.53 Å². The molecule has 0 unspecified atom stereocenters. The van der Waals surface area contributed by atoms with Gasteiger partial charge in [-0.25, -0.2) is 0 Å². The van der Waals surface area contributed by atoms with E-state index >= 15 is 0 Å². The average Bonchev–Trinajstić information content (AvgIpc) is 2.34. The molecule has 5 heteroatoms. The molecule has 0 atom stereocenters. The van der Waals surface area contributed by atoms with Crippen LogP contribution in [0.2, 0.25) is 0 Å². The van der Waals surface area contributed by atoms with Crippen molar-refractivity contribution in [1.29, 1.82) is 0 Å². The first-order valence-corrected chi connectivity index (χ1v) is 7.18. The van der Waals surface area contributed by atoms with Crippen molar-refractivity contribution in [3.05, 3.63) is 0 Å². The lowest BCUT2D eigenvalue weighted by molar-refractivity contribution is -0.137. The second-order valence-corrected chi connectivity index (χ2v) is 5.05. The van der Waals surface area contributed by atoms with E-state index in [2.05, 4.69) is 5.32 Å². The summed E-state index contributed by atoms with van der Waals surface area (Å²) in [6, 6.07) is 0. The van der Waals surface area contributed by atoms with Crippen LogP contribution in [0.15, 0.2) is 0 Å². The molecule has 0 radical (unpaired) electrons. The Labute approximate surface area is 102 Å². The minimum absolute atomic E-state index is 0.0904. The molecule has 0 spiro atoms. The van der Waals surface area contributed by atoms with Crippen LogP contribution in [0.1, 0.15) is 12.8 Å². The summed E-state index contributed by atoms with van der Waals surface area (Å²) in [6.45, 7) is 3.04. The number of hydrogen-bond donors (Lipinski definition) is 1. The number of rotatable bonds is 6. The first-order valence-electron chi connectivity index (χ1n) is 5.79. The van der Waals surface area contributed by atoms with Crippen LogP contribution in [-0.2, 0) is 9.53 Å². The topological polar surface area (TPSA) is 41.6 Å². The number of piperidine rings is 1. The number of carbonyl (C=O) groups is 1. The number of amides is 1. The SMILES string of the molecule is CSCCN(C)C(=O)COC1CCNCC1. The zero-order chi connectivity index (χ0) is 11.8. The highest BCUT2D eigenvalue weighted by Crippen LogP contribution is 2.07. The van der Waals surface area contributed by atoms with E-state index in [-0.39, 0.29) is 18.6 Å². The Bertz CT molecular complexity index is 208. The lowest BCUT2D eigenvalue weighted by atomic mass is 10.1. The highest BCUT2D eigenvalue weighted by molar-refractivity contribution is 7.98. The third kappa shape index (κ3) is 5.18. The fourth-order valence-corrected chi connectivity index (χ4v) is 2.07. The first kappa shape index (κ1) is 13.8. The summed E-state index contributed by atoms with van der Waals surface area (Å²) in [5.41, 5.74) is 0. The normalized spacial score (nSPS) is 17.4. The van der Waals surface area contributed by atoms with Crippen LogP contribution < -0.4 is 5.32 Å². The Morgan fingerprint density at radius 2 is 2.19 bits per heavy atom. The van der Waals surface area contributed by atoms with Crippen LogP contribution in [0.5, 0.6) is 0 Å².